The van der Waals surface area contributed by atoms with Crippen molar-refractivity contribution in [3.63, 3.8) is 0 Å². The fraction of sp³-hybridized carbons (Fsp3) is 0.592. The molecule has 0 saturated heterocycles. The first kappa shape index (κ1) is 45.0. The van der Waals surface area contributed by atoms with Crippen LogP contribution < -0.4 is 0 Å². The van der Waals surface area contributed by atoms with Crippen LogP contribution in [0.15, 0.2) is 58.5 Å². The van der Waals surface area contributed by atoms with Crippen molar-refractivity contribution in [2.45, 2.75) is 164 Å². The largest absolute Gasteiger partial charge is 0.507 e. The van der Waals surface area contributed by atoms with Gasteiger partial charge in [-0.05, 0) is 97.6 Å². The van der Waals surface area contributed by atoms with Crippen LogP contribution in [0, 0.1) is 0 Å². The van der Waals surface area contributed by atoms with E-state index in [9.17, 15) is 10.2 Å². The highest BCUT2D eigenvalue weighted by Gasteiger charge is 2.26. The number of phenolic OH excluding ortho intramolecular Hbond substituents is 2. The lowest BCUT2D eigenvalue weighted by molar-refractivity contribution is -0.929. The summed E-state index contributed by atoms with van der Waals surface area (Å²) >= 11 is 0. The van der Waals surface area contributed by atoms with Crippen LogP contribution in [-0.4, -0.2) is 53.3 Å². The SMILES string of the molecule is CCCCCc1cc(C=Nc2ccccc2N=Cc2cc(CCCC[N+](CCCC)(CCCC)CCCC)cc(C(C)(C)C)c2O)c(O)c(C(C)(C)C)c1. The number of hydrogen-bond donors (Lipinski definition) is 2. The molecule has 0 radical (unpaired) electrons. The molecule has 0 atom stereocenters. The van der Waals surface area contributed by atoms with Crippen LogP contribution in [0.4, 0.5) is 11.4 Å². The molecule has 3 aromatic carbocycles. The van der Waals surface area contributed by atoms with E-state index in [0.717, 1.165) is 47.9 Å². The van der Waals surface area contributed by atoms with Crippen LogP contribution in [0.5, 0.6) is 11.5 Å². The highest BCUT2D eigenvalue weighted by Crippen LogP contribution is 2.37. The zero-order valence-corrected chi connectivity index (χ0v) is 36.0. The molecule has 0 aliphatic rings. The lowest BCUT2D eigenvalue weighted by Crippen LogP contribution is -2.50. The Labute approximate surface area is 330 Å². The first-order chi connectivity index (χ1) is 25.7. The van der Waals surface area contributed by atoms with E-state index in [1.54, 1.807) is 12.4 Å². The quantitative estimate of drug-likeness (QED) is 0.0612. The number of quaternary nitrogens is 1. The minimum atomic E-state index is -0.212. The van der Waals surface area contributed by atoms with Crippen molar-refractivity contribution in [1.82, 2.24) is 0 Å². The molecule has 54 heavy (non-hydrogen) atoms. The van der Waals surface area contributed by atoms with E-state index in [4.69, 9.17) is 9.98 Å². The molecule has 0 saturated carbocycles. The number of aliphatic imine (C=N–C) groups is 2. The van der Waals surface area contributed by atoms with Crippen LogP contribution in [0.2, 0.25) is 0 Å². The maximum Gasteiger partial charge on any atom is 0.128 e. The van der Waals surface area contributed by atoms with Crippen molar-refractivity contribution in [2.24, 2.45) is 9.98 Å². The number of nitrogens with zero attached hydrogens (tertiary/aromatic N) is 3. The average molecular weight is 739 g/mol. The van der Waals surface area contributed by atoms with E-state index >= 15 is 0 Å². The Balaban J connectivity index is 1.90. The van der Waals surface area contributed by atoms with E-state index in [2.05, 4.69) is 93.5 Å². The summed E-state index contributed by atoms with van der Waals surface area (Å²) in [5, 5.41) is 22.9. The summed E-state index contributed by atoms with van der Waals surface area (Å²) in [6, 6.07) is 16.4. The molecule has 298 valence electrons. The third kappa shape index (κ3) is 13.7. The Morgan fingerprint density at radius 2 is 0.889 bits per heavy atom. The normalized spacial score (nSPS) is 12.8. The fourth-order valence-corrected chi connectivity index (χ4v) is 7.53. The number of unbranched alkanes of at least 4 members (excludes halogenated alkanes) is 6. The summed E-state index contributed by atoms with van der Waals surface area (Å²) < 4.78 is 1.28. The maximum absolute atomic E-state index is 11.5. The number of benzene rings is 3. The minimum absolute atomic E-state index is 0.195. The highest BCUT2D eigenvalue weighted by atomic mass is 16.3. The fourth-order valence-electron chi connectivity index (χ4n) is 7.53. The smallest absolute Gasteiger partial charge is 0.128 e. The molecule has 0 bridgehead atoms. The summed E-state index contributed by atoms with van der Waals surface area (Å²) in [6.07, 6.45) is 19.1. The number of phenols is 2. The van der Waals surface area contributed by atoms with Gasteiger partial charge in [-0.15, -0.1) is 0 Å². The topological polar surface area (TPSA) is 65.2 Å². The Bertz CT molecular complexity index is 1620. The standard InChI is InChI=1S/C49H75N3O2/c1-11-15-19-24-38-32-40(46(53)42(34-38)48(5,6)7)36-50-44-26-20-21-27-45(44)51-37-41-33-39(35-43(47(41)54)49(8,9)10)25-22-23-31-52(28-16-12-2,29-17-13-3)30-18-14-4/h20-21,26-27,32-37H,11-19,22-25,28-31H2,1-10H3,(H-,50,51,53,54)/p+1. The minimum Gasteiger partial charge on any atom is -0.507 e. The molecule has 5 heteroatoms. The van der Waals surface area contributed by atoms with Gasteiger partial charge in [0.2, 0.25) is 0 Å². The van der Waals surface area contributed by atoms with Crippen molar-refractivity contribution in [2.75, 3.05) is 26.2 Å². The van der Waals surface area contributed by atoms with E-state index in [0.29, 0.717) is 17.1 Å². The van der Waals surface area contributed by atoms with Gasteiger partial charge in [-0.2, -0.15) is 0 Å². The zero-order chi connectivity index (χ0) is 39.8. The summed E-state index contributed by atoms with van der Waals surface area (Å²) in [7, 11) is 0. The van der Waals surface area contributed by atoms with Crippen LogP contribution in [-0.2, 0) is 23.7 Å². The highest BCUT2D eigenvalue weighted by molar-refractivity contribution is 5.90. The van der Waals surface area contributed by atoms with Crippen LogP contribution in [0.1, 0.15) is 173 Å². The molecule has 0 aliphatic heterocycles. The van der Waals surface area contributed by atoms with Gasteiger partial charge in [-0.25, -0.2) is 0 Å². The number of para-hydroxylation sites is 2. The Hall–Kier alpha value is -3.44. The molecule has 0 amide bonds. The van der Waals surface area contributed by atoms with Crippen molar-refractivity contribution in [3.8, 4) is 11.5 Å². The molecule has 3 rings (SSSR count). The summed E-state index contributed by atoms with van der Waals surface area (Å²) in [6.45, 7) is 27.3. The third-order valence-electron chi connectivity index (χ3n) is 11.0. The molecule has 0 spiro atoms. The molecule has 0 fully saturated rings. The summed E-state index contributed by atoms with van der Waals surface area (Å²) in [5.41, 5.74) is 6.86. The number of hydrogen-bond acceptors (Lipinski definition) is 4. The number of aryl methyl sites for hydroxylation is 2. The Morgan fingerprint density at radius 3 is 1.26 bits per heavy atom. The lowest BCUT2D eigenvalue weighted by Gasteiger charge is -2.39. The first-order valence-corrected chi connectivity index (χ1v) is 21.4. The van der Waals surface area contributed by atoms with Gasteiger partial charge < -0.3 is 14.7 Å². The summed E-state index contributed by atoms with van der Waals surface area (Å²) in [5.74, 6) is 0.584. The van der Waals surface area contributed by atoms with Gasteiger partial charge in [-0.1, -0.05) is 126 Å². The van der Waals surface area contributed by atoms with Gasteiger partial charge >= 0.3 is 0 Å². The Kier molecular flexibility index (Phi) is 18.0. The molecule has 0 heterocycles. The molecule has 3 aromatic rings. The van der Waals surface area contributed by atoms with Crippen LogP contribution >= 0.6 is 0 Å². The van der Waals surface area contributed by atoms with Gasteiger partial charge in [0.1, 0.15) is 11.5 Å². The second-order valence-electron chi connectivity index (χ2n) is 17.9. The molecule has 0 aliphatic carbocycles. The van der Waals surface area contributed by atoms with Gasteiger partial charge in [0.05, 0.1) is 37.6 Å². The molecule has 0 unspecified atom stereocenters. The van der Waals surface area contributed by atoms with E-state index in [1.807, 2.05) is 24.3 Å². The van der Waals surface area contributed by atoms with Crippen LogP contribution in [0.25, 0.3) is 0 Å². The lowest BCUT2D eigenvalue weighted by atomic mass is 9.83. The number of rotatable bonds is 22. The molecule has 5 nitrogen and oxygen atoms in total. The predicted octanol–water partition coefficient (Wildman–Crippen LogP) is 13.5. The van der Waals surface area contributed by atoms with Crippen molar-refractivity contribution in [1.29, 1.82) is 0 Å². The summed E-state index contributed by atoms with van der Waals surface area (Å²) in [4.78, 5) is 9.78. The van der Waals surface area contributed by atoms with E-state index < -0.39 is 0 Å². The zero-order valence-electron chi connectivity index (χ0n) is 36.0. The Morgan fingerprint density at radius 1 is 0.519 bits per heavy atom. The maximum atomic E-state index is 11.5. The van der Waals surface area contributed by atoms with E-state index in [1.165, 1.54) is 99.6 Å². The monoisotopic (exact) mass is 739 g/mol. The van der Waals surface area contributed by atoms with E-state index in [-0.39, 0.29) is 16.6 Å². The molecule has 0 aromatic heterocycles. The third-order valence-corrected chi connectivity index (χ3v) is 11.0. The van der Waals surface area contributed by atoms with Gasteiger partial charge in [0.25, 0.3) is 0 Å². The average Bonchev–Trinajstić information content (AvgIpc) is 3.13. The van der Waals surface area contributed by atoms with Gasteiger partial charge in [-0.3, -0.25) is 9.98 Å². The molecule has 2 N–H and O–H groups in total. The second kappa shape index (κ2) is 21.6. The molecular formula is C49H76N3O2+. The number of aromatic hydroxyl groups is 2. The van der Waals surface area contributed by atoms with Gasteiger partial charge in [0, 0.05) is 34.7 Å². The predicted molar refractivity (Wildman–Crippen MR) is 235 cm³/mol. The molecular weight excluding hydrogens is 663 g/mol. The second-order valence-corrected chi connectivity index (χ2v) is 17.9. The van der Waals surface area contributed by atoms with Crippen LogP contribution in [0.3, 0.4) is 0 Å². The van der Waals surface area contributed by atoms with Crippen molar-refractivity contribution in [3.05, 3.63) is 81.9 Å². The van der Waals surface area contributed by atoms with Gasteiger partial charge in [0.15, 0.2) is 0 Å². The van der Waals surface area contributed by atoms with Crippen molar-refractivity contribution >= 4 is 23.8 Å². The van der Waals surface area contributed by atoms with Crippen molar-refractivity contribution < 1.29 is 14.7 Å². The first-order valence-electron chi connectivity index (χ1n) is 21.4.